The molecule has 1 atom stereocenters. The number of methoxy groups -OCH3 is 1. The zero-order valence-electron chi connectivity index (χ0n) is 15.9. The fourth-order valence-electron chi connectivity index (χ4n) is 3.69. The topological polar surface area (TPSA) is 50.5 Å². The summed E-state index contributed by atoms with van der Waals surface area (Å²) in [5, 5.41) is 14.7. The molecule has 5 nitrogen and oxygen atoms in total. The van der Waals surface area contributed by atoms with Gasteiger partial charge in [0.2, 0.25) is 0 Å². The molecule has 0 bridgehead atoms. The summed E-state index contributed by atoms with van der Waals surface area (Å²) in [6.45, 7) is 2.24. The monoisotopic (exact) mass is 381 g/mol. The van der Waals surface area contributed by atoms with Crippen molar-refractivity contribution < 1.29 is 14.2 Å². The van der Waals surface area contributed by atoms with Crippen LogP contribution in [0, 0.1) is 5.82 Å². The number of piperidine rings is 1. The minimum atomic E-state index is -0.314. The second-order valence-corrected chi connectivity index (χ2v) is 7.16. The molecule has 1 aromatic heterocycles. The fourth-order valence-corrected chi connectivity index (χ4v) is 3.69. The van der Waals surface area contributed by atoms with E-state index in [0.29, 0.717) is 18.8 Å². The first-order chi connectivity index (χ1) is 13.6. The van der Waals surface area contributed by atoms with Gasteiger partial charge in [0.1, 0.15) is 17.3 Å². The Morgan fingerprint density at radius 2 is 1.96 bits per heavy atom. The van der Waals surface area contributed by atoms with Crippen molar-refractivity contribution in [3.05, 3.63) is 66.1 Å². The Labute approximate surface area is 164 Å². The Morgan fingerprint density at radius 1 is 1.18 bits per heavy atom. The minimum absolute atomic E-state index is 0.292. The number of benzene rings is 2. The average molecular weight is 381 g/mol. The lowest BCUT2D eigenvalue weighted by Crippen LogP contribution is -2.37. The van der Waals surface area contributed by atoms with Gasteiger partial charge in [-0.3, -0.25) is 4.90 Å². The number of β-amino-alcohol motifs (C(OH)–C–C–N with tert-alkyl or cyclic N) is 1. The number of likely N-dealkylation sites (tertiary alicyclic amines) is 1. The van der Waals surface area contributed by atoms with Crippen LogP contribution in [0.1, 0.15) is 18.4 Å². The van der Waals surface area contributed by atoms with Gasteiger partial charge >= 0.3 is 0 Å². The quantitative estimate of drug-likeness (QED) is 0.733. The van der Waals surface area contributed by atoms with E-state index in [1.165, 1.54) is 6.07 Å². The zero-order valence-corrected chi connectivity index (χ0v) is 15.9. The Morgan fingerprint density at radius 3 is 2.68 bits per heavy atom. The van der Waals surface area contributed by atoms with Crippen LogP contribution in [0.15, 0.2) is 54.7 Å². The van der Waals surface area contributed by atoms with E-state index >= 15 is 0 Å². The third-order valence-corrected chi connectivity index (χ3v) is 5.13. The molecule has 0 amide bonds. The number of aliphatic hydroxyl groups excluding tert-OH is 1. The molecule has 146 valence electrons. The van der Waals surface area contributed by atoms with Crippen molar-refractivity contribution in [2.24, 2.45) is 0 Å². The highest BCUT2D eigenvalue weighted by Gasteiger charge is 2.21. The third kappa shape index (κ3) is 3.93. The van der Waals surface area contributed by atoms with E-state index < -0.39 is 0 Å². The van der Waals surface area contributed by atoms with Crippen LogP contribution in [0.5, 0.6) is 5.75 Å². The first-order valence-electron chi connectivity index (χ1n) is 9.52. The van der Waals surface area contributed by atoms with E-state index in [4.69, 9.17) is 9.84 Å². The van der Waals surface area contributed by atoms with Crippen LogP contribution < -0.4 is 4.74 Å². The molecule has 0 radical (unpaired) electrons. The summed E-state index contributed by atoms with van der Waals surface area (Å²) < 4.78 is 21.2. The molecule has 1 aliphatic rings. The van der Waals surface area contributed by atoms with Crippen LogP contribution in [0.4, 0.5) is 4.39 Å². The number of aromatic nitrogens is 2. The average Bonchev–Trinajstić information content (AvgIpc) is 3.12. The van der Waals surface area contributed by atoms with E-state index in [9.17, 15) is 9.50 Å². The van der Waals surface area contributed by atoms with Crippen molar-refractivity contribution in [2.45, 2.75) is 25.5 Å². The van der Waals surface area contributed by atoms with Crippen LogP contribution in [0.25, 0.3) is 16.9 Å². The summed E-state index contributed by atoms with van der Waals surface area (Å²) in [6.07, 6.45) is 3.41. The van der Waals surface area contributed by atoms with Gasteiger partial charge in [-0.2, -0.15) is 5.10 Å². The van der Waals surface area contributed by atoms with E-state index in [1.807, 2.05) is 30.5 Å². The Balaban J connectivity index is 1.72. The maximum atomic E-state index is 14.3. The van der Waals surface area contributed by atoms with Gasteiger partial charge in [0.05, 0.1) is 18.9 Å². The Hall–Kier alpha value is -2.70. The van der Waals surface area contributed by atoms with Crippen molar-refractivity contribution in [3.8, 4) is 22.7 Å². The number of hydrogen-bond acceptors (Lipinski definition) is 4. The van der Waals surface area contributed by atoms with Gasteiger partial charge < -0.3 is 9.84 Å². The normalized spacial score (nSPS) is 17.6. The summed E-state index contributed by atoms with van der Waals surface area (Å²) in [5.74, 6) is 0.462. The molecule has 6 heteroatoms. The zero-order chi connectivity index (χ0) is 19.5. The number of halogens is 1. The Bertz CT molecular complexity index is 939. The maximum absolute atomic E-state index is 14.3. The second-order valence-electron chi connectivity index (χ2n) is 7.16. The maximum Gasteiger partial charge on any atom is 0.148 e. The van der Waals surface area contributed by atoms with Crippen LogP contribution in [-0.4, -0.2) is 46.1 Å². The number of ether oxygens (including phenoxy) is 1. The number of aliphatic hydroxyl groups is 1. The number of nitrogens with zero attached hydrogens (tertiary/aromatic N) is 3. The van der Waals surface area contributed by atoms with Crippen LogP contribution in [-0.2, 0) is 6.54 Å². The summed E-state index contributed by atoms with van der Waals surface area (Å²) >= 11 is 0. The number of para-hydroxylation sites is 1. The SMILES string of the molecule is COc1ccc(-c2nn(-c3ccccc3F)cc2CN2CCC[C@H](O)C2)cc1. The van der Waals surface area contributed by atoms with Crippen molar-refractivity contribution >= 4 is 0 Å². The van der Waals surface area contributed by atoms with Crippen molar-refractivity contribution in [1.29, 1.82) is 0 Å². The first-order valence-corrected chi connectivity index (χ1v) is 9.52. The molecule has 4 rings (SSSR count). The van der Waals surface area contributed by atoms with Gasteiger partial charge in [0.15, 0.2) is 0 Å². The van der Waals surface area contributed by atoms with Crippen molar-refractivity contribution in [1.82, 2.24) is 14.7 Å². The Kier molecular flexibility index (Phi) is 5.41. The summed E-state index contributed by atoms with van der Waals surface area (Å²) in [7, 11) is 1.63. The third-order valence-electron chi connectivity index (χ3n) is 5.13. The predicted molar refractivity (Wildman–Crippen MR) is 106 cm³/mol. The highest BCUT2D eigenvalue weighted by molar-refractivity contribution is 5.64. The molecular formula is C22H24FN3O2. The molecule has 3 aromatic rings. The molecule has 0 spiro atoms. The molecular weight excluding hydrogens is 357 g/mol. The molecule has 1 fully saturated rings. The van der Waals surface area contributed by atoms with Gasteiger partial charge in [0, 0.05) is 30.4 Å². The summed E-state index contributed by atoms with van der Waals surface area (Å²) in [4.78, 5) is 2.23. The van der Waals surface area contributed by atoms with Crippen LogP contribution >= 0.6 is 0 Å². The molecule has 1 N–H and O–H groups in total. The molecule has 0 aliphatic carbocycles. The van der Waals surface area contributed by atoms with E-state index in [0.717, 1.165) is 42.0 Å². The van der Waals surface area contributed by atoms with E-state index in [1.54, 1.807) is 30.0 Å². The lowest BCUT2D eigenvalue weighted by atomic mass is 10.0. The molecule has 0 saturated carbocycles. The van der Waals surface area contributed by atoms with Gasteiger partial charge in [-0.1, -0.05) is 12.1 Å². The van der Waals surface area contributed by atoms with Crippen LogP contribution in [0.3, 0.4) is 0 Å². The van der Waals surface area contributed by atoms with E-state index in [2.05, 4.69) is 4.90 Å². The lowest BCUT2D eigenvalue weighted by Gasteiger charge is -2.29. The standard InChI is InChI=1S/C22H24FN3O2/c1-28-19-10-8-16(9-11-19)22-17(13-25-12-4-5-18(27)15-25)14-26(24-22)21-7-3-2-6-20(21)23/h2-3,6-11,14,18,27H,4-5,12-13,15H2,1H3/t18-/m0/s1. The highest BCUT2D eigenvalue weighted by Crippen LogP contribution is 2.28. The molecule has 1 saturated heterocycles. The molecule has 2 heterocycles. The van der Waals surface area contributed by atoms with Crippen molar-refractivity contribution in [3.63, 3.8) is 0 Å². The molecule has 0 unspecified atom stereocenters. The predicted octanol–water partition coefficient (Wildman–Crippen LogP) is 3.64. The van der Waals surface area contributed by atoms with E-state index in [-0.39, 0.29) is 11.9 Å². The number of hydrogen-bond donors (Lipinski definition) is 1. The first kappa shape index (κ1) is 18.7. The second kappa shape index (κ2) is 8.12. The summed E-state index contributed by atoms with van der Waals surface area (Å²) in [6, 6.07) is 14.3. The fraction of sp³-hybridized carbons (Fsp3) is 0.318. The smallest absolute Gasteiger partial charge is 0.148 e. The highest BCUT2D eigenvalue weighted by atomic mass is 19.1. The van der Waals surface area contributed by atoms with Crippen molar-refractivity contribution in [2.75, 3.05) is 20.2 Å². The van der Waals surface area contributed by atoms with Gasteiger partial charge in [0.25, 0.3) is 0 Å². The van der Waals surface area contributed by atoms with Gasteiger partial charge in [-0.25, -0.2) is 9.07 Å². The summed E-state index contributed by atoms with van der Waals surface area (Å²) in [5.41, 5.74) is 3.18. The molecule has 1 aliphatic heterocycles. The van der Waals surface area contributed by atoms with Crippen LogP contribution in [0.2, 0.25) is 0 Å². The van der Waals surface area contributed by atoms with Gasteiger partial charge in [-0.15, -0.1) is 0 Å². The molecule has 28 heavy (non-hydrogen) atoms. The minimum Gasteiger partial charge on any atom is -0.497 e. The lowest BCUT2D eigenvalue weighted by molar-refractivity contribution is 0.0669. The van der Waals surface area contributed by atoms with Gasteiger partial charge in [-0.05, 0) is 55.8 Å². The number of rotatable bonds is 5. The molecule has 2 aromatic carbocycles. The largest absolute Gasteiger partial charge is 0.497 e.